The Morgan fingerprint density at radius 2 is 2.27 bits per heavy atom. The zero-order valence-corrected chi connectivity index (χ0v) is 16.5. The van der Waals surface area contributed by atoms with Gasteiger partial charge in [-0.3, -0.25) is 9.59 Å². The molecule has 0 radical (unpaired) electrons. The number of carbonyl (C=O) groups excluding carboxylic acids is 2. The molecule has 6 nitrogen and oxygen atoms in total. The standard InChI is InChI=1S/C19H29N3O3S/c1-13(2)17(23)20-7-5-16-12-26-18(21-16)14-4-3-8-22(10-14)19(24)15-6-9-25-11-15/h12-15H,3-11H2,1-2H3,(H,20,23)/t14-,15+/m1/s1. The van der Waals surface area contributed by atoms with Crippen LogP contribution in [0.5, 0.6) is 0 Å². The summed E-state index contributed by atoms with van der Waals surface area (Å²) in [4.78, 5) is 31.0. The van der Waals surface area contributed by atoms with Gasteiger partial charge in [0.25, 0.3) is 0 Å². The minimum Gasteiger partial charge on any atom is -0.381 e. The second-order valence-corrected chi connectivity index (χ2v) is 8.45. The predicted octanol–water partition coefficient (Wildman–Crippen LogP) is 2.20. The number of hydrogen-bond acceptors (Lipinski definition) is 5. The van der Waals surface area contributed by atoms with Gasteiger partial charge in [-0.15, -0.1) is 11.3 Å². The van der Waals surface area contributed by atoms with E-state index in [0.29, 0.717) is 25.7 Å². The molecule has 3 heterocycles. The van der Waals surface area contributed by atoms with Crippen LogP contribution in [0.3, 0.4) is 0 Å². The van der Waals surface area contributed by atoms with Crippen molar-refractivity contribution in [1.29, 1.82) is 0 Å². The summed E-state index contributed by atoms with van der Waals surface area (Å²) in [6.07, 6.45) is 3.72. The van der Waals surface area contributed by atoms with Crippen molar-refractivity contribution < 1.29 is 14.3 Å². The number of piperidine rings is 1. The molecule has 0 bridgehead atoms. The first kappa shape index (κ1) is 19.3. The number of ether oxygens (including phenoxy) is 1. The Morgan fingerprint density at radius 3 is 3.00 bits per heavy atom. The van der Waals surface area contributed by atoms with E-state index in [2.05, 4.69) is 10.7 Å². The van der Waals surface area contributed by atoms with Crippen molar-refractivity contribution in [2.45, 2.75) is 45.4 Å². The van der Waals surface area contributed by atoms with Crippen molar-refractivity contribution in [3.63, 3.8) is 0 Å². The van der Waals surface area contributed by atoms with Crippen LogP contribution in [0.4, 0.5) is 0 Å². The van der Waals surface area contributed by atoms with E-state index in [0.717, 1.165) is 49.5 Å². The number of nitrogens with one attached hydrogen (secondary N) is 1. The lowest BCUT2D eigenvalue weighted by Gasteiger charge is -2.33. The van der Waals surface area contributed by atoms with Gasteiger partial charge in [-0.1, -0.05) is 13.8 Å². The lowest BCUT2D eigenvalue weighted by molar-refractivity contribution is -0.136. The fourth-order valence-corrected chi connectivity index (χ4v) is 4.49. The summed E-state index contributed by atoms with van der Waals surface area (Å²) in [7, 11) is 0. The average molecular weight is 380 g/mol. The minimum atomic E-state index is 0.0111. The molecule has 7 heteroatoms. The molecule has 0 unspecified atom stereocenters. The van der Waals surface area contributed by atoms with E-state index in [1.165, 1.54) is 0 Å². The SMILES string of the molecule is CC(C)C(=O)NCCc1csc([C@@H]2CCCN(C(=O)[C@H]3CCOC3)C2)n1. The molecular formula is C19H29N3O3S. The van der Waals surface area contributed by atoms with Gasteiger partial charge < -0.3 is 15.0 Å². The zero-order valence-electron chi connectivity index (χ0n) is 15.7. The first-order valence-electron chi connectivity index (χ1n) is 9.63. The summed E-state index contributed by atoms with van der Waals surface area (Å²) >= 11 is 1.68. The van der Waals surface area contributed by atoms with E-state index < -0.39 is 0 Å². The summed E-state index contributed by atoms with van der Waals surface area (Å²) in [5, 5.41) is 6.14. The minimum absolute atomic E-state index is 0.0111. The van der Waals surface area contributed by atoms with Crippen molar-refractivity contribution in [3.05, 3.63) is 16.1 Å². The van der Waals surface area contributed by atoms with E-state index in [-0.39, 0.29) is 23.7 Å². The Balaban J connectivity index is 1.51. The largest absolute Gasteiger partial charge is 0.381 e. The molecular weight excluding hydrogens is 350 g/mol. The second kappa shape index (κ2) is 8.95. The molecule has 0 saturated carbocycles. The van der Waals surface area contributed by atoms with E-state index in [1.807, 2.05) is 18.7 Å². The maximum atomic E-state index is 12.6. The third kappa shape index (κ3) is 4.82. The highest BCUT2D eigenvalue weighted by Crippen LogP contribution is 2.30. The van der Waals surface area contributed by atoms with Gasteiger partial charge in [0.05, 0.1) is 23.2 Å². The lowest BCUT2D eigenvalue weighted by Crippen LogP contribution is -2.42. The van der Waals surface area contributed by atoms with Gasteiger partial charge >= 0.3 is 0 Å². The van der Waals surface area contributed by atoms with Crippen molar-refractivity contribution >= 4 is 23.2 Å². The number of aromatic nitrogens is 1. The van der Waals surface area contributed by atoms with Crippen LogP contribution in [-0.4, -0.2) is 54.5 Å². The number of rotatable bonds is 6. The number of hydrogen-bond donors (Lipinski definition) is 1. The third-order valence-electron chi connectivity index (χ3n) is 5.14. The Kier molecular flexibility index (Phi) is 6.64. The molecule has 2 aliphatic rings. The molecule has 2 amide bonds. The molecule has 2 fully saturated rings. The first-order valence-corrected chi connectivity index (χ1v) is 10.5. The van der Waals surface area contributed by atoms with Gasteiger partial charge in [-0.05, 0) is 19.3 Å². The van der Waals surface area contributed by atoms with Crippen LogP contribution in [0.25, 0.3) is 0 Å². The molecule has 144 valence electrons. The van der Waals surface area contributed by atoms with Gasteiger partial charge in [-0.2, -0.15) is 0 Å². The molecule has 1 aromatic heterocycles. The van der Waals surface area contributed by atoms with E-state index in [4.69, 9.17) is 9.72 Å². The quantitative estimate of drug-likeness (QED) is 0.822. The van der Waals surface area contributed by atoms with Gasteiger partial charge in [0.15, 0.2) is 0 Å². The Bertz CT molecular complexity index is 625. The highest BCUT2D eigenvalue weighted by atomic mass is 32.1. The molecule has 2 saturated heterocycles. The van der Waals surface area contributed by atoms with Crippen molar-refractivity contribution in [3.8, 4) is 0 Å². The average Bonchev–Trinajstić information content (AvgIpc) is 3.33. The topological polar surface area (TPSA) is 71.5 Å². The lowest BCUT2D eigenvalue weighted by atomic mass is 9.97. The monoisotopic (exact) mass is 379 g/mol. The normalized spacial score (nSPS) is 23.4. The fraction of sp³-hybridized carbons (Fsp3) is 0.737. The summed E-state index contributed by atoms with van der Waals surface area (Å²) in [6.45, 7) is 7.31. The zero-order chi connectivity index (χ0) is 18.5. The van der Waals surface area contributed by atoms with Gasteiger partial charge in [0.2, 0.25) is 11.8 Å². The summed E-state index contributed by atoms with van der Waals surface area (Å²) in [5.41, 5.74) is 1.03. The molecule has 2 atom stereocenters. The van der Waals surface area contributed by atoms with Crippen LogP contribution < -0.4 is 5.32 Å². The highest BCUT2D eigenvalue weighted by molar-refractivity contribution is 7.09. The Morgan fingerprint density at radius 1 is 1.42 bits per heavy atom. The van der Waals surface area contributed by atoms with Gasteiger partial charge in [0.1, 0.15) is 0 Å². The van der Waals surface area contributed by atoms with Crippen molar-refractivity contribution in [2.24, 2.45) is 11.8 Å². The smallest absolute Gasteiger partial charge is 0.228 e. The first-order chi connectivity index (χ1) is 12.5. The van der Waals surface area contributed by atoms with E-state index in [9.17, 15) is 9.59 Å². The molecule has 1 aromatic rings. The Labute approximate surface area is 159 Å². The van der Waals surface area contributed by atoms with Crippen LogP contribution in [0.1, 0.15) is 49.7 Å². The molecule has 2 aliphatic heterocycles. The van der Waals surface area contributed by atoms with Crippen LogP contribution >= 0.6 is 11.3 Å². The van der Waals surface area contributed by atoms with Gasteiger partial charge in [0, 0.05) is 49.9 Å². The number of likely N-dealkylation sites (tertiary alicyclic amines) is 1. The van der Waals surface area contributed by atoms with Crippen LogP contribution in [0, 0.1) is 11.8 Å². The predicted molar refractivity (Wildman–Crippen MR) is 101 cm³/mol. The molecule has 3 rings (SSSR count). The molecule has 1 N–H and O–H groups in total. The maximum absolute atomic E-state index is 12.6. The number of carbonyl (C=O) groups is 2. The highest BCUT2D eigenvalue weighted by Gasteiger charge is 2.32. The Hall–Kier alpha value is -1.47. The van der Waals surface area contributed by atoms with Crippen LogP contribution in [0.2, 0.25) is 0 Å². The van der Waals surface area contributed by atoms with Crippen LogP contribution in [0.15, 0.2) is 5.38 Å². The maximum Gasteiger partial charge on any atom is 0.228 e. The molecule has 0 spiro atoms. The van der Waals surface area contributed by atoms with E-state index in [1.54, 1.807) is 11.3 Å². The van der Waals surface area contributed by atoms with E-state index >= 15 is 0 Å². The summed E-state index contributed by atoms with van der Waals surface area (Å²) in [5.74, 6) is 0.722. The van der Waals surface area contributed by atoms with Crippen molar-refractivity contribution in [2.75, 3.05) is 32.8 Å². The number of nitrogens with zero attached hydrogens (tertiary/aromatic N) is 2. The van der Waals surface area contributed by atoms with Gasteiger partial charge in [-0.25, -0.2) is 4.98 Å². The fourth-order valence-electron chi connectivity index (χ4n) is 3.51. The molecule has 0 aromatic carbocycles. The molecule has 26 heavy (non-hydrogen) atoms. The second-order valence-electron chi connectivity index (χ2n) is 7.56. The third-order valence-corrected chi connectivity index (χ3v) is 6.19. The van der Waals surface area contributed by atoms with Crippen molar-refractivity contribution in [1.82, 2.24) is 15.2 Å². The van der Waals surface area contributed by atoms with Crippen LogP contribution in [-0.2, 0) is 20.7 Å². The summed E-state index contributed by atoms with van der Waals surface area (Å²) in [6, 6.07) is 0. The molecule has 0 aliphatic carbocycles. The summed E-state index contributed by atoms with van der Waals surface area (Å²) < 4.78 is 5.37. The number of thiazole rings is 1. The number of amides is 2.